The van der Waals surface area contributed by atoms with Crippen LogP contribution in [0.2, 0.25) is 0 Å². The summed E-state index contributed by atoms with van der Waals surface area (Å²) in [4.78, 5) is 15.1. The molecule has 1 amide bonds. The van der Waals surface area contributed by atoms with Crippen molar-refractivity contribution in [3.8, 4) is 5.75 Å². The van der Waals surface area contributed by atoms with Crippen LogP contribution in [0.5, 0.6) is 5.75 Å². The van der Waals surface area contributed by atoms with Crippen LogP contribution in [0.1, 0.15) is 12.8 Å². The molecule has 2 aromatic rings. The number of sulfonamides is 1. The van der Waals surface area contributed by atoms with E-state index < -0.39 is 10.0 Å². The highest BCUT2D eigenvalue weighted by Crippen LogP contribution is 2.22. The zero-order chi connectivity index (χ0) is 20.9. The van der Waals surface area contributed by atoms with Gasteiger partial charge in [0, 0.05) is 30.6 Å². The number of carbonyl (C=O) groups excluding carboxylic acids is 1. The molecule has 1 N–H and O–H groups in total. The quantitative estimate of drug-likeness (QED) is 0.675. The summed E-state index contributed by atoms with van der Waals surface area (Å²) in [6.45, 7) is 0.813. The van der Waals surface area contributed by atoms with Crippen LogP contribution in [-0.4, -0.2) is 51.5 Å². The van der Waals surface area contributed by atoms with E-state index in [-0.39, 0.29) is 16.6 Å². The molecule has 154 valence electrons. The van der Waals surface area contributed by atoms with Gasteiger partial charge in [-0.1, -0.05) is 0 Å². The maximum atomic E-state index is 12.5. The molecule has 0 saturated carbocycles. The van der Waals surface area contributed by atoms with Crippen molar-refractivity contribution >= 4 is 39.2 Å². The van der Waals surface area contributed by atoms with Crippen molar-refractivity contribution in [2.24, 2.45) is 4.40 Å². The van der Waals surface area contributed by atoms with Crippen molar-refractivity contribution in [2.45, 2.75) is 22.6 Å². The Bertz CT molecular complexity index is 987. The van der Waals surface area contributed by atoms with Crippen molar-refractivity contribution in [1.82, 2.24) is 4.90 Å². The maximum absolute atomic E-state index is 12.5. The maximum Gasteiger partial charge on any atom is 0.283 e. The minimum absolute atomic E-state index is 0.107. The van der Waals surface area contributed by atoms with Gasteiger partial charge in [0.15, 0.2) is 0 Å². The van der Waals surface area contributed by atoms with Crippen LogP contribution in [0.25, 0.3) is 0 Å². The topological polar surface area (TPSA) is 88.1 Å². The number of likely N-dealkylation sites (tertiary alicyclic amines) is 1. The Labute approximate surface area is 175 Å². The van der Waals surface area contributed by atoms with Crippen molar-refractivity contribution in [2.75, 3.05) is 31.8 Å². The molecule has 0 radical (unpaired) electrons. The van der Waals surface area contributed by atoms with E-state index in [1.54, 1.807) is 19.2 Å². The molecular weight excluding hydrogens is 410 g/mol. The Morgan fingerprint density at radius 1 is 1.17 bits per heavy atom. The van der Waals surface area contributed by atoms with Gasteiger partial charge in [0.2, 0.25) is 5.91 Å². The Kier molecular flexibility index (Phi) is 6.81. The number of nitrogens with zero attached hydrogens (tertiary/aromatic N) is 2. The average Bonchev–Trinajstić information content (AvgIpc) is 3.11. The Balaban J connectivity index is 1.57. The minimum atomic E-state index is -3.75. The summed E-state index contributed by atoms with van der Waals surface area (Å²) in [5.74, 6) is 1.41. The number of methoxy groups -OCH3 is 1. The smallest absolute Gasteiger partial charge is 0.283 e. The molecule has 0 spiro atoms. The van der Waals surface area contributed by atoms with Crippen molar-refractivity contribution < 1.29 is 17.9 Å². The molecular formula is C20H23N3O4S2. The zero-order valence-corrected chi connectivity index (χ0v) is 17.9. The van der Waals surface area contributed by atoms with E-state index in [0.29, 0.717) is 17.9 Å². The normalized spacial score (nSPS) is 15.5. The van der Waals surface area contributed by atoms with Gasteiger partial charge >= 0.3 is 0 Å². The van der Waals surface area contributed by atoms with Gasteiger partial charge in [-0.05, 0) is 55.0 Å². The lowest BCUT2D eigenvalue weighted by atomic mass is 10.3. The molecule has 1 saturated heterocycles. The van der Waals surface area contributed by atoms with Crippen LogP contribution < -0.4 is 10.1 Å². The number of rotatable bonds is 7. The van der Waals surface area contributed by atoms with E-state index in [4.69, 9.17) is 4.74 Å². The molecule has 0 aromatic heterocycles. The number of carbonyl (C=O) groups is 1. The minimum Gasteiger partial charge on any atom is -0.497 e. The van der Waals surface area contributed by atoms with Crippen molar-refractivity contribution in [1.29, 1.82) is 0 Å². The van der Waals surface area contributed by atoms with Crippen LogP contribution >= 0.6 is 11.8 Å². The van der Waals surface area contributed by atoms with Crippen LogP contribution in [0.3, 0.4) is 0 Å². The molecule has 0 aliphatic carbocycles. The van der Waals surface area contributed by atoms with Crippen molar-refractivity contribution in [3.05, 3.63) is 48.5 Å². The zero-order valence-electron chi connectivity index (χ0n) is 16.3. The van der Waals surface area contributed by atoms with Gasteiger partial charge in [0.25, 0.3) is 10.0 Å². The molecule has 1 heterocycles. The molecule has 1 fully saturated rings. The number of hydrogen-bond acceptors (Lipinski definition) is 5. The van der Waals surface area contributed by atoms with Crippen LogP contribution in [-0.2, 0) is 14.8 Å². The largest absolute Gasteiger partial charge is 0.497 e. The molecule has 7 nitrogen and oxygen atoms in total. The van der Waals surface area contributed by atoms with E-state index in [2.05, 4.69) is 9.71 Å². The summed E-state index contributed by atoms with van der Waals surface area (Å²) < 4.78 is 34.0. The predicted octanol–water partition coefficient (Wildman–Crippen LogP) is 3.24. The van der Waals surface area contributed by atoms with Gasteiger partial charge in [-0.25, -0.2) is 0 Å². The highest BCUT2D eigenvalue weighted by Gasteiger charge is 2.20. The highest BCUT2D eigenvalue weighted by atomic mass is 32.2. The Hall–Kier alpha value is -2.52. The van der Waals surface area contributed by atoms with E-state index >= 15 is 0 Å². The fourth-order valence-corrected chi connectivity index (χ4v) is 4.62. The van der Waals surface area contributed by atoms with E-state index in [0.717, 1.165) is 23.6 Å². The van der Waals surface area contributed by atoms with Crippen LogP contribution in [0, 0.1) is 0 Å². The number of thioether (sulfide) groups is 1. The number of amides is 1. The first kappa shape index (κ1) is 21.2. The van der Waals surface area contributed by atoms with E-state index in [9.17, 15) is 13.2 Å². The summed E-state index contributed by atoms with van der Waals surface area (Å²) in [5, 5.41) is 2.77. The fraction of sp³-hybridized carbons (Fsp3) is 0.300. The number of ether oxygens (including phenoxy) is 1. The van der Waals surface area contributed by atoms with Gasteiger partial charge < -0.3 is 15.0 Å². The molecule has 1 aliphatic rings. The van der Waals surface area contributed by atoms with E-state index in [1.165, 1.54) is 23.9 Å². The average molecular weight is 434 g/mol. The summed E-state index contributed by atoms with van der Waals surface area (Å²) >= 11 is 1.41. The summed E-state index contributed by atoms with van der Waals surface area (Å²) in [7, 11) is -0.314. The standard InChI is InChI=1S/C20H23N3O4S2/c1-23-13-3-4-19(23)22-29(25,26)18-11-5-15(6-12-18)21-20(24)14-28-17-9-7-16(27-2)8-10-17/h5-12H,3-4,13-14H2,1-2H3,(H,21,24)/b22-19-. The molecule has 1 aliphatic heterocycles. The number of nitrogens with one attached hydrogen (secondary N) is 1. The first-order chi connectivity index (χ1) is 13.9. The lowest BCUT2D eigenvalue weighted by molar-refractivity contribution is -0.113. The molecule has 0 bridgehead atoms. The molecule has 0 atom stereocenters. The second-order valence-corrected chi connectivity index (χ2v) is 9.20. The van der Waals surface area contributed by atoms with Crippen LogP contribution in [0.15, 0.2) is 62.7 Å². The third-order valence-electron chi connectivity index (χ3n) is 4.43. The van der Waals surface area contributed by atoms with Crippen molar-refractivity contribution in [3.63, 3.8) is 0 Å². The number of amidine groups is 1. The summed E-state index contributed by atoms with van der Waals surface area (Å²) in [6.07, 6.45) is 1.57. The molecule has 0 unspecified atom stereocenters. The second kappa shape index (κ2) is 9.32. The predicted molar refractivity (Wildman–Crippen MR) is 115 cm³/mol. The Morgan fingerprint density at radius 2 is 1.86 bits per heavy atom. The number of hydrogen-bond donors (Lipinski definition) is 1. The Morgan fingerprint density at radius 3 is 2.45 bits per heavy atom. The van der Waals surface area contributed by atoms with Gasteiger partial charge in [0.1, 0.15) is 11.6 Å². The molecule has 2 aromatic carbocycles. The highest BCUT2D eigenvalue weighted by molar-refractivity contribution is 8.00. The van der Waals surface area contributed by atoms with Gasteiger partial charge in [-0.15, -0.1) is 16.2 Å². The first-order valence-corrected chi connectivity index (χ1v) is 11.5. The third-order valence-corrected chi connectivity index (χ3v) is 6.76. The lowest BCUT2D eigenvalue weighted by Crippen LogP contribution is -2.20. The van der Waals surface area contributed by atoms with Gasteiger partial charge in [-0.3, -0.25) is 4.79 Å². The summed E-state index contributed by atoms with van der Waals surface area (Å²) in [6, 6.07) is 13.5. The first-order valence-electron chi connectivity index (χ1n) is 9.09. The van der Waals surface area contributed by atoms with Gasteiger partial charge in [-0.2, -0.15) is 8.42 Å². The molecule has 29 heavy (non-hydrogen) atoms. The second-order valence-electron chi connectivity index (χ2n) is 6.54. The third kappa shape index (κ3) is 5.74. The number of anilines is 1. The van der Waals surface area contributed by atoms with Crippen LogP contribution in [0.4, 0.5) is 5.69 Å². The van der Waals surface area contributed by atoms with Gasteiger partial charge in [0.05, 0.1) is 17.8 Å². The SMILES string of the molecule is COc1ccc(SCC(=O)Nc2ccc(S(=O)(=O)/N=C3/CCCN3C)cc2)cc1. The number of benzene rings is 2. The van der Waals surface area contributed by atoms with E-state index in [1.807, 2.05) is 36.2 Å². The lowest BCUT2D eigenvalue weighted by Gasteiger charge is -2.11. The monoisotopic (exact) mass is 433 g/mol. The molecule has 9 heteroatoms. The summed E-state index contributed by atoms with van der Waals surface area (Å²) in [5.41, 5.74) is 0.537. The fourth-order valence-electron chi connectivity index (χ4n) is 2.83. The molecule has 3 rings (SSSR count).